The van der Waals surface area contributed by atoms with Crippen molar-refractivity contribution in [3.05, 3.63) is 0 Å². The van der Waals surface area contributed by atoms with Crippen LogP contribution in [0.25, 0.3) is 0 Å². The third kappa shape index (κ3) is 1.95. The van der Waals surface area contributed by atoms with Crippen molar-refractivity contribution in [1.29, 1.82) is 0 Å². The molecule has 18 heavy (non-hydrogen) atoms. The first-order valence-electron chi connectivity index (χ1n) is 7.49. The molecular formula is C14H25N3O. The highest BCUT2D eigenvalue weighted by molar-refractivity contribution is 5.83. The summed E-state index contributed by atoms with van der Waals surface area (Å²) in [5.41, 5.74) is 5.72. The largest absolute Gasteiger partial charge is 0.339 e. The van der Waals surface area contributed by atoms with Crippen LogP contribution < -0.4 is 5.73 Å². The third-order valence-electron chi connectivity index (χ3n) is 5.28. The van der Waals surface area contributed by atoms with Crippen molar-refractivity contribution in [2.45, 2.75) is 44.6 Å². The van der Waals surface area contributed by atoms with Crippen molar-refractivity contribution in [2.24, 2.45) is 11.1 Å². The van der Waals surface area contributed by atoms with E-state index in [1.807, 2.05) is 0 Å². The first kappa shape index (κ1) is 12.4. The zero-order chi connectivity index (χ0) is 12.6. The van der Waals surface area contributed by atoms with E-state index in [0.29, 0.717) is 18.5 Å². The molecule has 1 amide bonds. The molecule has 0 aromatic rings. The number of carbonyl (C=O) groups is 1. The lowest BCUT2D eigenvalue weighted by Crippen LogP contribution is -2.56. The summed E-state index contributed by atoms with van der Waals surface area (Å²) in [6.07, 6.45) is 6.92. The van der Waals surface area contributed by atoms with Crippen molar-refractivity contribution in [3.8, 4) is 0 Å². The number of hydrogen-bond acceptors (Lipinski definition) is 3. The Kier molecular flexibility index (Phi) is 3.32. The van der Waals surface area contributed by atoms with Gasteiger partial charge in [0.25, 0.3) is 0 Å². The fourth-order valence-corrected chi connectivity index (χ4v) is 4.07. The highest BCUT2D eigenvalue weighted by Crippen LogP contribution is 2.39. The van der Waals surface area contributed by atoms with E-state index in [1.54, 1.807) is 0 Å². The van der Waals surface area contributed by atoms with Gasteiger partial charge >= 0.3 is 0 Å². The summed E-state index contributed by atoms with van der Waals surface area (Å²) in [6, 6.07) is 0.624. The van der Waals surface area contributed by atoms with E-state index in [1.165, 1.54) is 32.2 Å². The molecule has 0 spiro atoms. The molecule has 0 aromatic heterocycles. The van der Waals surface area contributed by atoms with Crippen molar-refractivity contribution < 1.29 is 4.79 Å². The second-order valence-corrected chi connectivity index (χ2v) is 6.27. The molecule has 1 saturated carbocycles. The minimum absolute atomic E-state index is 0.208. The summed E-state index contributed by atoms with van der Waals surface area (Å²) in [7, 11) is 0. The molecule has 3 rings (SSSR count). The highest BCUT2D eigenvalue weighted by atomic mass is 16.2. The standard InChI is InChI=1S/C14H25N3O/c15-11-14(5-1-2-6-14)13(18)17-9-8-16-7-3-4-12(16)10-17/h12H,1-11,15H2. The molecule has 2 saturated heterocycles. The molecule has 0 radical (unpaired) electrons. The Morgan fingerprint density at radius 3 is 2.67 bits per heavy atom. The van der Waals surface area contributed by atoms with Gasteiger partial charge in [-0.3, -0.25) is 9.69 Å². The smallest absolute Gasteiger partial charge is 0.230 e. The number of nitrogens with zero attached hydrogens (tertiary/aromatic N) is 2. The van der Waals surface area contributed by atoms with Crippen LogP contribution in [-0.2, 0) is 4.79 Å². The molecule has 2 heterocycles. The van der Waals surface area contributed by atoms with Gasteiger partial charge in [0, 0.05) is 32.2 Å². The van der Waals surface area contributed by atoms with Crippen molar-refractivity contribution >= 4 is 5.91 Å². The number of rotatable bonds is 2. The second-order valence-electron chi connectivity index (χ2n) is 6.27. The maximum atomic E-state index is 12.8. The van der Waals surface area contributed by atoms with E-state index >= 15 is 0 Å². The van der Waals surface area contributed by atoms with Gasteiger partial charge < -0.3 is 10.6 Å². The number of amides is 1. The van der Waals surface area contributed by atoms with Crippen LogP contribution >= 0.6 is 0 Å². The van der Waals surface area contributed by atoms with Crippen molar-refractivity contribution in [1.82, 2.24) is 9.80 Å². The van der Waals surface area contributed by atoms with Crippen LogP contribution in [0.15, 0.2) is 0 Å². The van der Waals surface area contributed by atoms with Crippen LogP contribution in [0.2, 0.25) is 0 Å². The van der Waals surface area contributed by atoms with Gasteiger partial charge in [-0.2, -0.15) is 0 Å². The predicted octanol–water partition coefficient (Wildman–Crippen LogP) is 0.812. The molecule has 1 aliphatic carbocycles. The van der Waals surface area contributed by atoms with Gasteiger partial charge in [0.05, 0.1) is 5.41 Å². The average Bonchev–Trinajstić information content (AvgIpc) is 3.06. The average molecular weight is 251 g/mol. The summed E-state index contributed by atoms with van der Waals surface area (Å²) in [5, 5.41) is 0. The van der Waals surface area contributed by atoms with Crippen LogP contribution in [0.3, 0.4) is 0 Å². The predicted molar refractivity (Wildman–Crippen MR) is 71.1 cm³/mol. The van der Waals surface area contributed by atoms with E-state index in [-0.39, 0.29) is 5.41 Å². The summed E-state index contributed by atoms with van der Waals surface area (Å²) < 4.78 is 0. The zero-order valence-electron chi connectivity index (χ0n) is 11.2. The molecule has 0 bridgehead atoms. The Bertz CT molecular complexity index is 325. The van der Waals surface area contributed by atoms with Crippen molar-refractivity contribution in [2.75, 3.05) is 32.7 Å². The molecule has 3 fully saturated rings. The number of piperazine rings is 1. The van der Waals surface area contributed by atoms with Gasteiger partial charge in [-0.25, -0.2) is 0 Å². The van der Waals surface area contributed by atoms with Crippen LogP contribution in [0.4, 0.5) is 0 Å². The van der Waals surface area contributed by atoms with Crippen LogP contribution in [0.1, 0.15) is 38.5 Å². The Labute approximate surface area is 109 Å². The molecule has 102 valence electrons. The maximum Gasteiger partial charge on any atom is 0.230 e. The van der Waals surface area contributed by atoms with Gasteiger partial charge in [-0.1, -0.05) is 12.8 Å². The van der Waals surface area contributed by atoms with E-state index < -0.39 is 0 Å². The van der Waals surface area contributed by atoms with E-state index in [2.05, 4.69) is 9.80 Å². The third-order valence-corrected chi connectivity index (χ3v) is 5.28. The fraction of sp³-hybridized carbons (Fsp3) is 0.929. The first-order chi connectivity index (χ1) is 8.75. The maximum absolute atomic E-state index is 12.8. The quantitative estimate of drug-likeness (QED) is 0.790. The molecule has 1 atom stereocenters. The number of fused-ring (bicyclic) bond motifs is 1. The van der Waals surface area contributed by atoms with Gasteiger partial charge in [-0.05, 0) is 32.2 Å². The number of nitrogens with two attached hydrogens (primary N) is 1. The lowest BCUT2D eigenvalue weighted by atomic mass is 9.84. The molecule has 2 N–H and O–H groups in total. The normalized spacial score (nSPS) is 31.6. The number of carbonyl (C=O) groups excluding carboxylic acids is 1. The van der Waals surface area contributed by atoms with Crippen LogP contribution in [-0.4, -0.2) is 54.5 Å². The fourth-order valence-electron chi connectivity index (χ4n) is 4.07. The molecular weight excluding hydrogens is 226 g/mol. The van der Waals surface area contributed by atoms with Crippen LogP contribution in [0.5, 0.6) is 0 Å². The van der Waals surface area contributed by atoms with Gasteiger partial charge in [0.2, 0.25) is 5.91 Å². The first-order valence-corrected chi connectivity index (χ1v) is 7.49. The Hall–Kier alpha value is -0.610. The zero-order valence-corrected chi connectivity index (χ0v) is 11.2. The Morgan fingerprint density at radius 2 is 1.94 bits per heavy atom. The minimum atomic E-state index is -0.208. The van der Waals surface area contributed by atoms with Crippen LogP contribution in [0, 0.1) is 5.41 Å². The lowest BCUT2D eigenvalue weighted by Gasteiger charge is -2.41. The summed E-state index contributed by atoms with van der Waals surface area (Å²) in [4.78, 5) is 17.4. The lowest BCUT2D eigenvalue weighted by molar-refractivity contribution is -0.144. The van der Waals surface area contributed by atoms with Crippen molar-refractivity contribution in [3.63, 3.8) is 0 Å². The molecule has 4 nitrogen and oxygen atoms in total. The highest BCUT2D eigenvalue weighted by Gasteiger charge is 2.44. The Morgan fingerprint density at radius 1 is 1.17 bits per heavy atom. The number of hydrogen-bond donors (Lipinski definition) is 1. The monoisotopic (exact) mass is 251 g/mol. The minimum Gasteiger partial charge on any atom is -0.339 e. The van der Waals surface area contributed by atoms with E-state index in [9.17, 15) is 4.79 Å². The molecule has 4 heteroatoms. The van der Waals surface area contributed by atoms with Gasteiger partial charge in [0.1, 0.15) is 0 Å². The van der Waals surface area contributed by atoms with E-state index in [0.717, 1.165) is 32.5 Å². The summed E-state index contributed by atoms with van der Waals surface area (Å²) >= 11 is 0. The second kappa shape index (κ2) is 4.82. The SMILES string of the molecule is NCC1(C(=O)N2CCN3CCCC3C2)CCCC1. The van der Waals surface area contributed by atoms with Gasteiger partial charge in [-0.15, -0.1) is 0 Å². The topological polar surface area (TPSA) is 49.6 Å². The molecule has 1 unspecified atom stereocenters. The van der Waals surface area contributed by atoms with E-state index in [4.69, 9.17) is 5.73 Å². The molecule has 0 aromatic carbocycles. The summed E-state index contributed by atoms with van der Waals surface area (Å²) in [5.74, 6) is 0.356. The van der Waals surface area contributed by atoms with Gasteiger partial charge in [0.15, 0.2) is 0 Å². The molecule has 3 aliphatic rings. The Balaban J connectivity index is 1.69. The summed E-state index contributed by atoms with van der Waals surface area (Å²) in [6.45, 7) is 4.69. The molecule has 2 aliphatic heterocycles.